The Morgan fingerprint density at radius 3 is 2.64 bits per heavy atom. The Labute approximate surface area is 156 Å². The zero-order chi connectivity index (χ0) is 18.4. The maximum Gasteiger partial charge on any atom is 0.242 e. The van der Waals surface area contributed by atoms with Crippen molar-refractivity contribution in [1.29, 1.82) is 0 Å². The number of benzene rings is 1. The molecule has 2 N–H and O–H groups in total. The summed E-state index contributed by atoms with van der Waals surface area (Å²) in [6.07, 6.45) is 2.73. The minimum absolute atomic E-state index is 0.00511. The van der Waals surface area contributed by atoms with Crippen molar-refractivity contribution >= 4 is 39.1 Å². The topological polar surface area (TPSA) is 88.2 Å². The van der Waals surface area contributed by atoms with E-state index in [9.17, 15) is 13.2 Å². The number of rotatable bonds is 7. The molecular weight excluding hydrogens is 385 g/mol. The summed E-state index contributed by atoms with van der Waals surface area (Å²) >= 11 is 11.8. The van der Waals surface area contributed by atoms with E-state index in [-0.39, 0.29) is 29.8 Å². The molecule has 0 aliphatic heterocycles. The predicted molar refractivity (Wildman–Crippen MR) is 97.1 cm³/mol. The van der Waals surface area contributed by atoms with Gasteiger partial charge in [-0.2, -0.15) is 0 Å². The van der Waals surface area contributed by atoms with E-state index in [1.807, 2.05) is 0 Å². The van der Waals surface area contributed by atoms with Gasteiger partial charge in [0.25, 0.3) is 0 Å². The van der Waals surface area contributed by atoms with Crippen LogP contribution in [0.25, 0.3) is 0 Å². The molecule has 1 aromatic carbocycles. The summed E-state index contributed by atoms with van der Waals surface area (Å²) < 4.78 is 26.4. The molecule has 2 aromatic rings. The van der Waals surface area contributed by atoms with Gasteiger partial charge in [-0.15, -0.1) is 0 Å². The van der Waals surface area contributed by atoms with E-state index in [0.717, 1.165) is 5.56 Å². The largest absolute Gasteiger partial charge is 0.350 e. The number of sulfonamides is 1. The Kier molecular flexibility index (Phi) is 6.78. The first-order valence-electron chi connectivity index (χ1n) is 7.43. The Bertz CT molecular complexity index is 845. The number of hydrogen-bond donors (Lipinski definition) is 2. The number of amides is 1. The zero-order valence-electron chi connectivity index (χ0n) is 13.4. The summed E-state index contributed by atoms with van der Waals surface area (Å²) in [4.78, 5) is 15.8. The molecule has 0 spiro atoms. The molecule has 1 aromatic heterocycles. The highest BCUT2D eigenvalue weighted by Gasteiger charge is 2.15. The van der Waals surface area contributed by atoms with Gasteiger partial charge in [0, 0.05) is 25.4 Å². The maximum atomic E-state index is 12.0. The van der Waals surface area contributed by atoms with Crippen molar-refractivity contribution in [3.05, 3.63) is 58.3 Å². The van der Waals surface area contributed by atoms with Crippen LogP contribution in [-0.4, -0.2) is 25.9 Å². The number of carbonyl (C=O) groups is 1. The van der Waals surface area contributed by atoms with Gasteiger partial charge in [-0.1, -0.05) is 29.3 Å². The second-order valence-corrected chi connectivity index (χ2v) is 7.88. The van der Waals surface area contributed by atoms with E-state index in [1.54, 1.807) is 25.1 Å². The Morgan fingerprint density at radius 1 is 1.24 bits per heavy atom. The standard InChI is InChI=1S/C16H17Cl2N3O3S/c1-11(12-4-5-14(17)15(18)9-12)21-16(22)6-8-20-25(23,24)13-3-2-7-19-10-13/h2-5,7,9-11,20H,6,8H2,1H3,(H,21,22). The van der Waals surface area contributed by atoms with Crippen LogP contribution in [-0.2, 0) is 14.8 Å². The van der Waals surface area contributed by atoms with Crippen LogP contribution in [0.3, 0.4) is 0 Å². The molecule has 1 unspecified atom stereocenters. The average Bonchev–Trinajstić information content (AvgIpc) is 2.58. The molecule has 2 rings (SSSR count). The number of carbonyl (C=O) groups excluding carboxylic acids is 1. The summed E-state index contributed by atoms with van der Waals surface area (Å²) in [6, 6.07) is 7.79. The quantitative estimate of drug-likeness (QED) is 0.746. The summed E-state index contributed by atoms with van der Waals surface area (Å²) in [5.74, 6) is -0.285. The van der Waals surface area contributed by atoms with Crippen molar-refractivity contribution in [2.45, 2.75) is 24.3 Å². The van der Waals surface area contributed by atoms with Crippen molar-refractivity contribution in [1.82, 2.24) is 15.0 Å². The number of hydrogen-bond acceptors (Lipinski definition) is 4. The van der Waals surface area contributed by atoms with Gasteiger partial charge in [-0.25, -0.2) is 13.1 Å². The minimum atomic E-state index is -3.67. The summed E-state index contributed by atoms with van der Waals surface area (Å²) in [5.41, 5.74) is 0.804. The highest BCUT2D eigenvalue weighted by atomic mass is 35.5. The lowest BCUT2D eigenvalue weighted by molar-refractivity contribution is -0.121. The van der Waals surface area contributed by atoms with Gasteiger partial charge in [0.2, 0.25) is 15.9 Å². The number of nitrogens with one attached hydrogen (secondary N) is 2. The second-order valence-electron chi connectivity index (χ2n) is 5.30. The highest BCUT2D eigenvalue weighted by Crippen LogP contribution is 2.25. The minimum Gasteiger partial charge on any atom is -0.350 e. The molecule has 6 nitrogen and oxygen atoms in total. The highest BCUT2D eigenvalue weighted by molar-refractivity contribution is 7.89. The van der Waals surface area contributed by atoms with Gasteiger partial charge in [0.1, 0.15) is 4.90 Å². The first-order valence-corrected chi connectivity index (χ1v) is 9.67. The van der Waals surface area contributed by atoms with Gasteiger partial charge >= 0.3 is 0 Å². The molecule has 1 atom stereocenters. The van der Waals surface area contributed by atoms with Crippen LogP contribution in [0.4, 0.5) is 0 Å². The van der Waals surface area contributed by atoms with E-state index in [0.29, 0.717) is 10.0 Å². The van der Waals surface area contributed by atoms with Crippen LogP contribution in [0.15, 0.2) is 47.6 Å². The van der Waals surface area contributed by atoms with Crippen LogP contribution in [0.5, 0.6) is 0 Å². The molecule has 0 aliphatic rings. The molecule has 134 valence electrons. The van der Waals surface area contributed by atoms with E-state index in [1.165, 1.54) is 24.5 Å². The lowest BCUT2D eigenvalue weighted by atomic mass is 10.1. The third-order valence-corrected chi connectivity index (χ3v) is 5.60. The van der Waals surface area contributed by atoms with Gasteiger partial charge < -0.3 is 5.32 Å². The maximum absolute atomic E-state index is 12.0. The second kappa shape index (κ2) is 8.62. The summed E-state index contributed by atoms with van der Waals surface area (Å²) in [7, 11) is -3.67. The molecule has 1 amide bonds. The van der Waals surface area contributed by atoms with Crippen LogP contribution in [0.2, 0.25) is 10.0 Å². The number of aromatic nitrogens is 1. The van der Waals surface area contributed by atoms with Gasteiger partial charge in [0.05, 0.1) is 16.1 Å². The lowest BCUT2D eigenvalue weighted by Gasteiger charge is -2.15. The third kappa shape index (κ3) is 5.67. The van der Waals surface area contributed by atoms with Crippen LogP contribution < -0.4 is 10.0 Å². The van der Waals surface area contributed by atoms with Crippen LogP contribution >= 0.6 is 23.2 Å². The van der Waals surface area contributed by atoms with E-state index in [2.05, 4.69) is 15.0 Å². The van der Waals surface area contributed by atoms with E-state index < -0.39 is 10.0 Å². The monoisotopic (exact) mass is 401 g/mol. The molecule has 0 fully saturated rings. The fourth-order valence-electron chi connectivity index (χ4n) is 2.07. The Balaban J connectivity index is 1.85. The van der Waals surface area contributed by atoms with E-state index >= 15 is 0 Å². The van der Waals surface area contributed by atoms with Crippen molar-refractivity contribution in [2.24, 2.45) is 0 Å². The lowest BCUT2D eigenvalue weighted by Crippen LogP contribution is -2.32. The van der Waals surface area contributed by atoms with Gasteiger partial charge in [-0.3, -0.25) is 9.78 Å². The normalized spacial score (nSPS) is 12.6. The average molecular weight is 402 g/mol. The van der Waals surface area contributed by atoms with Gasteiger partial charge in [0.15, 0.2) is 0 Å². The first kappa shape index (κ1) is 19.7. The fourth-order valence-corrected chi connectivity index (χ4v) is 3.37. The summed E-state index contributed by atoms with van der Waals surface area (Å²) in [6.45, 7) is 1.79. The fraction of sp³-hybridized carbons (Fsp3) is 0.250. The molecule has 0 aliphatic carbocycles. The molecule has 25 heavy (non-hydrogen) atoms. The van der Waals surface area contributed by atoms with Crippen LogP contribution in [0, 0.1) is 0 Å². The van der Waals surface area contributed by atoms with Crippen molar-refractivity contribution < 1.29 is 13.2 Å². The van der Waals surface area contributed by atoms with Gasteiger partial charge in [-0.05, 0) is 36.8 Å². The third-order valence-electron chi connectivity index (χ3n) is 3.41. The molecule has 0 saturated carbocycles. The molecular formula is C16H17Cl2N3O3S. The Hall–Kier alpha value is -1.67. The molecule has 0 radical (unpaired) electrons. The predicted octanol–water partition coefficient (Wildman–Crippen LogP) is 2.93. The number of nitrogens with zero attached hydrogens (tertiary/aromatic N) is 1. The smallest absolute Gasteiger partial charge is 0.242 e. The zero-order valence-corrected chi connectivity index (χ0v) is 15.7. The van der Waals surface area contributed by atoms with Crippen molar-refractivity contribution in [2.75, 3.05) is 6.54 Å². The molecule has 0 saturated heterocycles. The van der Waals surface area contributed by atoms with Crippen LogP contribution in [0.1, 0.15) is 24.9 Å². The number of halogens is 2. The molecule has 1 heterocycles. The first-order chi connectivity index (χ1) is 11.8. The Morgan fingerprint density at radius 2 is 2.00 bits per heavy atom. The van der Waals surface area contributed by atoms with Crippen molar-refractivity contribution in [3.63, 3.8) is 0 Å². The number of pyridine rings is 1. The van der Waals surface area contributed by atoms with E-state index in [4.69, 9.17) is 23.2 Å². The SMILES string of the molecule is CC(NC(=O)CCNS(=O)(=O)c1cccnc1)c1ccc(Cl)c(Cl)c1. The van der Waals surface area contributed by atoms with Crippen molar-refractivity contribution in [3.8, 4) is 0 Å². The molecule has 0 bridgehead atoms. The molecule has 9 heteroatoms. The summed E-state index contributed by atoms with van der Waals surface area (Å²) in [5, 5.41) is 3.63.